The van der Waals surface area contributed by atoms with Gasteiger partial charge in [0, 0.05) is 11.9 Å². The van der Waals surface area contributed by atoms with E-state index in [1.165, 1.54) is 25.4 Å². The van der Waals surface area contributed by atoms with Crippen LogP contribution in [-0.4, -0.2) is 44.7 Å². The van der Waals surface area contributed by atoms with Gasteiger partial charge in [-0.3, -0.25) is 4.79 Å². The number of benzene rings is 2. The summed E-state index contributed by atoms with van der Waals surface area (Å²) in [5.41, 5.74) is 4.14. The normalized spacial score (nSPS) is 11.8. The van der Waals surface area contributed by atoms with E-state index in [-0.39, 0.29) is 11.4 Å². The molecule has 0 aliphatic rings. The SMILES string of the molecule is CSc1ccc(/C=N/NC(=O)CN(C)S(=O)(=O)c2ccc(C)cc2)cc1. The monoisotopic (exact) mass is 391 g/mol. The largest absolute Gasteiger partial charge is 0.272 e. The lowest BCUT2D eigenvalue weighted by molar-refractivity contribution is -0.121. The Morgan fingerprint density at radius 2 is 1.77 bits per heavy atom. The lowest BCUT2D eigenvalue weighted by Gasteiger charge is -2.16. The van der Waals surface area contributed by atoms with E-state index in [4.69, 9.17) is 0 Å². The Kier molecular flexibility index (Phi) is 6.96. The topological polar surface area (TPSA) is 78.8 Å². The number of rotatable bonds is 7. The third kappa shape index (κ3) is 5.42. The Morgan fingerprint density at radius 3 is 2.35 bits per heavy atom. The summed E-state index contributed by atoms with van der Waals surface area (Å²) in [5, 5.41) is 3.86. The molecule has 0 saturated carbocycles. The van der Waals surface area contributed by atoms with Gasteiger partial charge in [0.15, 0.2) is 0 Å². The zero-order chi connectivity index (χ0) is 19.2. The maximum absolute atomic E-state index is 12.4. The number of carbonyl (C=O) groups excluding carboxylic acids is 1. The second kappa shape index (κ2) is 8.98. The van der Waals surface area contributed by atoms with Crippen molar-refractivity contribution < 1.29 is 13.2 Å². The molecule has 0 heterocycles. The number of nitrogens with one attached hydrogen (secondary N) is 1. The van der Waals surface area contributed by atoms with Gasteiger partial charge in [0.25, 0.3) is 5.91 Å². The van der Waals surface area contributed by atoms with E-state index >= 15 is 0 Å². The number of thioether (sulfide) groups is 1. The number of carbonyl (C=O) groups is 1. The van der Waals surface area contributed by atoms with Crippen LogP contribution in [0, 0.1) is 6.92 Å². The Labute approximate surface area is 158 Å². The van der Waals surface area contributed by atoms with Crippen molar-refractivity contribution >= 4 is 33.9 Å². The summed E-state index contributed by atoms with van der Waals surface area (Å²) in [6.07, 6.45) is 3.50. The number of likely N-dealkylation sites (N-methyl/N-ethyl adjacent to an activating group) is 1. The molecular weight excluding hydrogens is 370 g/mol. The van der Waals surface area contributed by atoms with Crippen LogP contribution < -0.4 is 5.43 Å². The maximum Gasteiger partial charge on any atom is 0.255 e. The van der Waals surface area contributed by atoms with Crippen LogP contribution in [0.4, 0.5) is 0 Å². The summed E-state index contributed by atoms with van der Waals surface area (Å²) in [6, 6.07) is 14.2. The molecule has 0 aromatic heterocycles. The number of hydrogen-bond donors (Lipinski definition) is 1. The molecular formula is C18H21N3O3S2. The van der Waals surface area contributed by atoms with Gasteiger partial charge in [-0.15, -0.1) is 11.8 Å². The molecule has 0 saturated heterocycles. The molecule has 0 bridgehead atoms. The van der Waals surface area contributed by atoms with Crippen molar-refractivity contribution in [2.24, 2.45) is 5.10 Å². The number of nitrogens with zero attached hydrogens (tertiary/aromatic N) is 2. The van der Waals surface area contributed by atoms with Crippen LogP contribution in [0.1, 0.15) is 11.1 Å². The van der Waals surface area contributed by atoms with E-state index in [1.54, 1.807) is 23.9 Å². The van der Waals surface area contributed by atoms with Gasteiger partial charge in [0.05, 0.1) is 17.7 Å². The molecule has 0 fully saturated rings. The molecule has 2 aromatic carbocycles. The fraction of sp³-hybridized carbons (Fsp3) is 0.222. The first-order chi connectivity index (χ1) is 12.3. The first-order valence-electron chi connectivity index (χ1n) is 7.82. The second-order valence-electron chi connectivity index (χ2n) is 5.64. The first kappa shape index (κ1) is 20.2. The molecule has 26 heavy (non-hydrogen) atoms. The highest BCUT2D eigenvalue weighted by Gasteiger charge is 2.22. The third-order valence-electron chi connectivity index (χ3n) is 3.61. The highest BCUT2D eigenvalue weighted by molar-refractivity contribution is 7.98. The van der Waals surface area contributed by atoms with Crippen molar-refractivity contribution in [2.45, 2.75) is 16.7 Å². The maximum atomic E-state index is 12.4. The molecule has 0 unspecified atom stereocenters. The summed E-state index contributed by atoms with van der Waals surface area (Å²) in [5.74, 6) is -0.514. The molecule has 0 aliphatic carbocycles. The summed E-state index contributed by atoms with van der Waals surface area (Å²) >= 11 is 1.64. The average molecular weight is 392 g/mol. The molecule has 8 heteroatoms. The smallest absolute Gasteiger partial charge is 0.255 e. The zero-order valence-corrected chi connectivity index (χ0v) is 16.5. The Hall–Kier alpha value is -2.16. The predicted octanol–water partition coefficient (Wildman–Crippen LogP) is 2.49. The molecule has 0 aliphatic heterocycles. The quantitative estimate of drug-likeness (QED) is 0.447. The van der Waals surface area contributed by atoms with E-state index in [0.29, 0.717) is 0 Å². The van der Waals surface area contributed by atoms with Gasteiger partial charge in [-0.2, -0.15) is 9.41 Å². The number of sulfonamides is 1. The lowest BCUT2D eigenvalue weighted by Crippen LogP contribution is -2.36. The number of amides is 1. The van der Waals surface area contributed by atoms with Gasteiger partial charge in [-0.25, -0.2) is 13.8 Å². The first-order valence-corrected chi connectivity index (χ1v) is 10.5. The van der Waals surface area contributed by atoms with Crippen LogP contribution in [-0.2, 0) is 14.8 Å². The van der Waals surface area contributed by atoms with Crippen LogP contribution in [0.15, 0.2) is 63.4 Å². The van der Waals surface area contributed by atoms with Crippen LogP contribution in [0.25, 0.3) is 0 Å². The van der Waals surface area contributed by atoms with Gasteiger partial charge in [-0.05, 0) is 43.0 Å². The van der Waals surface area contributed by atoms with Crippen molar-refractivity contribution in [1.82, 2.24) is 9.73 Å². The minimum Gasteiger partial charge on any atom is -0.272 e. The molecule has 6 nitrogen and oxygen atoms in total. The molecule has 138 valence electrons. The van der Waals surface area contributed by atoms with E-state index in [2.05, 4.69) is 10.5 Å². The average Bonchev–Trinajstić information content (AvgIpc) is 2.62. The Morgan fingerprint density at radius 1 is 1.15 bits per heavy atom. The van der Waals surface area contributed by atoms with Gasteiger partial charge in [0.2, 0.25) is 10.0 Å². The van der Waals surface area contributed by atoms with E-state index < -0.39 is 15.9 Å². The van der Waals surface area contributed by atoms with Crippen molar-refractivity contribution in [3.05, 3.63) is 59.7 Å². The highest BCUT2D eigenvalue weighted by Crippen LogP contribution is 2.15. The van der Waals surface area contributed by atoms with E-state index in [0.717, 1.165) is 20.3 Å². The zero-order valence-electron chi connectivity index (χ0n) is 14.8. The summed E-state index contributed by atoms with van der Waals surface area (Å²) in [7, 11) is -2.36. The van der Waals surface area contributed by atoms with Gasteiger partial charge >= 0.3 is 0 Å². The highest BCUT2D eigenvalue weighted by atomic mass is 32.2. The van der Waals surface area contributed by atoms with Gasteiger partial charge < -0.3 is 0 Å². The summed E-state index contributed by atoms with van der Waals surface area (Å²) < 4.78 is 25.9. The van der Waals surface area contributed by atoms with Gasteiger partial charge in [0.1, 0.15) is 0 Å². The number of hydrogen-bond acceptors (Lipinski definition) is 5. The fourth-order valence-electron chi connectivity index (χ4n) is 2.08. The van der Waals surface area contributed by atoms with Crippen molar-refractivity contribution in [3.8, 4) is 0 Å². The number of aryl methyl sites for hydroxylation is 1. The van der Waals surface area contributed by atoms with E-state index in [9.17, 15) is 13.2 Å². The van der Waals surface area contributed by atoms with Crippen molar-refractivity contribution in [1.29, 1.82) is 0 Å². The van der Waals surface area contributed by atoms with Crippen molar-refractivity contribution in [2.75, 3.05) is 19.8 Å². The molecule has 2 aromatic rings. The molecule has 0 radical (unpaired) electrons. The molecule has 1 amide bonds. The van der Waals surface area contributed by atoms with Crippen LogP contribution in [0.2, 0.25) is 0 Å². The second-order valence-corrected chi connectivity index (χ2v) is 8.57. The van der Waals surface area contributed by atoms with Crippen LogP contribution in [0.5, 0.6) is 0 Å². The lowest BCUT2D eigenvalue weighted by atomic mass is 10.2. The minimum absolute atomic E-state index is 0.149. The molecule has 1 N–H and O–H groups in total. The van der Waals surface area contributed by atoms with Crippen LogP contribution in [0.3, 0.4) is 0 Å². The summed E-state index contributed by atoms with van der Waals surface area (Å²) in [4.78, 5) is 13.2. The fourth-order valence-corrected chi connectivity index (χ4v) is 3.62. The third-order valence-corrected chi connectivity index (χ3v) is 6.18. The minimum atomic E-state index is -3.72. The Bertz CT molecular complexity index is 877. The van der Waals surface area contributed by atoms with Crippen molar-refractivity contribution in [3.63, 3.8) is 0 Å². The predicted molar refractivity (Wildman–Crippen MR) is 105 cm³/mol. The van der Waals surface area contributed by atoms with Crippen LogP contribution >= 0.6 is 11.8 Å². The molecule has 0 spiro atoms. The molecule has 0 atom stereocenters. The standard InChI is InChI=1S/C18H21N3O3S2/c1-14-4-10-17(11-5-14)26(23,24)21(2)13-18(22)20-19-12-15-6-8-16(25-3)9-7-15/h4-12H,13H2,1-3H3,(H,20,22)/b19-12+. The van der Waals surface area contributed by atoms with E-state index in [1.807, 2.05) is 37.4 Å². The summed E-state index contributed by atoms with van der Waals surface area (Å²) in [6.45, 7) is 1.55. The van der Waals surface area contributed by atoms with Gasteiger partial charge in [-0.1, -0.05) is 29.8 Å². The number of hydrazone groups is 1. The Balaban J connectivity index is 1.93. The molecule has 2 rings (SSSR count).